The van der Waals surface area contributed by atoms with Gasteiger partial charge in [0.15, 0.2) is 0 Å². The van der Waals surface area contributed by atoms with Crippen LogP contribution in [0.3, 0.4) is 0 Å². The molecule has 0 aromatic heterocycles. The van der Waals surface area contributed by atoms with Crippen LogP contribution in [0.4, 0.5) is 11.4 Å². The van der Waals surface area contributed by atoms with Crippen LogP contribution in [0.1, 0.15) is 27.6 Å². The molecule has 0 saturated carbocycles. The Morgan fingerprint density at radius 3 is 2.40 bits per heavy atom. The lowest BCUT2D eigenvalue weighted by Crippen LogP contribution is -2.48. The summed E-state index contributed by atoms with van der Waals surface area (Å²) in [6.45, 7) is 3.90. The van der Waals surface area contributed by atoms with Crippen LogP contribution < -0.4 is 9.64 Å². The Bertz CT molecular complexity index is 954. The lowest BCUT2D eigenvalue weighted by Gasteiger charge is -2.36. The number of rotatable bonds is 6. The van der Waals surface area contributed by atoms with E-state index in [1.54, 1.807) is 18.9 Å². The summed E-state index contributed by atoms with van der Waals surface area (Å²) in [6.07, 6.45) is 0. The highest BCUT2D eigenvalue weighted by Gasteiger charge is 2.25. The van der Waals surface area contributed by atoms with Crippen molar-refractivity contribution in [2.24, 2.45) is 0 Å². The molecule has 1 aliphatic rings. The molecule has 0 atom stereocenters. The first-order chi connectivity index (χ1) is 14.4. The van der Waals surface area contributed by atoms with Crippen molar-refractivity contribution < 1.29 is 24.0 Å². The molecule has 0 unspecified atom stereocenters. The monoisotopic (exact) mass is 413 g/mol. The first-order valence-electron chi connectivity index (χ1n) is 9.57. The van der Waals surface area contributed by atoms with Crippen LogP contribution in [0.25, 0.3) is 0 Å². The van der Waals surface area contributed by atoms with E-state index in [9.17, 15) is 19.7 Å². The number of esters is 1. The van der Waals surface area contributed by atoms with Crippen LogP contribution in [0.2, 0.25) is 0 Å². The molecule has 0 aliphatic carbocycles. The number of nitro groups is 1. The number of non-ortho nitro benzene ring substituents is 1. The van der Waals surface area contributed by atoms with E-state index in [4.69, 9.17) is 9.47 Å². The molecular formula is C21H23N3O6. The molecule has 1 saturated heterocycles. The van der Waals surface area contributed by atoms with Gasteiger partial charge in [0.2, 0.25) is 0 Å². The number of hydrogen-bond acceptors (Lipinski definition) is 7. The largest absolute Gasteiger partial charge is 0.497 e. The van der Waals surface area contributed by atoms with Crippen molar-refractivity contribution in [3.8, 4) is 5.75 Å². The van der Waals surface area contributed by atoms with Gasteiger partial charge in [-0.3, -0.25) is 14.9 Å². The molecule has 1 amide bonds. The predicted molar refractivity (Wildman–Crippen MR) is 110 cm³/mol. The Hall–Kier alpha value is -3.62. The molecule has 0 bridgehead atoms. The molecule has 1 fully saturated rings. The Morgan fingerprint density at radius 2 is 1.77 bits per heavy atom. The van der Waals surface area contributed by atoms with Gasteiger partial charge in [0.05, 0.1) is 24.2 Å². The number of amides is 1. The fourth-order valence-electron chi connectivity index (χ4n) is 3.33. The molecule has 30 heavy (non-hydrogen) atoms. The lowest BCUT2D eigenvalue weighted by atomic mass is 10.1. The molecule has 0 N–H and O–H groups in total. The summed E-state index contributed by atoms with van der Waals surface area (Å²) < 4.78 is 10.2. The summed E-state index contributed by atoms with van der Waals surface area (Å²) in [5.74, 6) is -0.290. The highest BCUT2D eigenvalue weighted by atomic mass is 16.6. The number of carbonyl (C=O) groups is 2. The average molecular weight is 413 g/mol. The van der Waals surface area contributed by atoms with Crippen molar-refractivity contribution in [1.29, 1.82) is 0 Å². The van der Waals surface area contributed by atoms with Crippen molar-refractivity contribution >= 4 is 23.3 Å². The number of benzene rings is 2. The van der Waals surface area contributed by atoms with E-state index in [2.05, 4.69) is 4.90 Å². The molecule has 1 aliphatic heterocycles. The van der Waals surface area contributed by atoms with Gasteiger partial charge in [0.1, 0.15) is 5.75 Å². The maximum atomic E-state index is 13.0. The molecule has 158 valence electrons. The number of nitrogens with zero attached hydrogens (tertiary/aromatic N) is 3. The summed E-state index contributed by atoms with van der Waals surface area (Å²) in [4.78, 5) is 39.4. The summed E-state index contributed by atoms with van der Waals surface area (Å²) in [5.41, 5.74) is 0.770. The van der Waals surface area contributed by atoms with Crippen LogP contribution in [-0.2, 0) is 4.74 Å². The van der Waals surface area contributed by atoms with Crippen LogP contribution in [-0.4, -0.2) is 61.6 Å². The van der Waals surface area contributed by atoms with Crippen LogP contribution in [0.15, 0.2) is 42.5 Å². The smallest absolute Gasteiger partial charge is 0.338 e. The first kappa shape index (κ1) is 21.1. The first-order valence-corrected chi connectivity index (χ1v) is 9.57. The maximum Gasteiger partial charge on any atom is 0.338 e. The minimum absolute atomic E-state index is 0.00980. The van der Waals surface area contributed by atoms with Gasteiger partial charge >= 0.3 is 5.97 Å². The normalized spacial score (nSPS) is 13.7. The van der Waals surface area contributed by atoms with E-state index in [1.807, 2.05) is 24.3 Å². The second-order valence-electron chi connectivity index (χ2n) is 6.73. The second kappa shape index (κ2) is 9.25. The number of piperazine rings is 1. The number of methoxy groups -OCH3 is 1. The summed E-state index contributed by atoms with van der Waals surface area (Å²) in [6, 6.07) is 11.4. The molecule has 9 heteroatoms. The fourth-order valence-corrected chi connectivity index (χ4v) is 3.33. The molecule has 1 heterocycles. The molecule has 0 radical (unpaired) electrons. The fraction of sp³-hybridized carbons (Fsp3) is 0.333. The van der Waals surface area contributed by atoms with Gasteiger partial charge in [-0.15, -0.1) is 0 Å². The third-order valence-electron chi connectivity index (χ3n) is 4.87. The SMILES string of the molecule is CCOC(=O)c1cc(C(=O)N2CCN(c3cccc(OC)c3)CC2)cc([N+](=O)[O-])c1. The Balaban J connectivity index is 1.75. The number of ether oxygens (including phenoxy) is 2. The van der Waals surface area contributed by atoms with Gasteiger partial charge < -0.3 is 19.3 Å². The molecular weight excluding hydrogens is 390 g/mol. The molecule has 2 aromatic carbocycles. The van der Waals surface area contributed by atoms with Gasteiger partial charge in [0.25, 0.3) is 11.6 Å². The highest BCUT2D eigenvalue weighted by Crippen LogP contribution is 2.24. The van der Waals surface area contributed by atoms with E-state index < -0.39 is 10.9 Å². The van der Waals surface area contributed by atoms with E-state index in [1.165, 1.54) is 12.1 Å². The van der Waals surface area contributed by atoms with Crippen molar-refractivity contribution in [3.63, 3.8) is 0 Å². The predicted octanol–water partition coefficient (Wildman–Crippen LogP) is 2.74. The topological polar surface area (TPSA) is 102 Å². The Morgan fingerprint density at radius 1 is 1.07 bits per heavy atom. The highest BCUT2D eigenvalue weighted by molar-refractivity contribution is 5.99. The Labute approximate surface area is 173 Å². The Kier molecular flexibility index (Phi) is 6.51. The van der Waals surface area contributed by atoms with Crippen LogP contribution in [0.5, 0.6) is 5.75 Å². The average Bonchev–Trinajstić information content (AvgIpc) is 2.78. The van der Waals surface area contributed by atoms with Gasteiger partial charge in [-0.05, 0) is 25.1 Å². The van der Waals surface area contributed by atoms with Crippen molar-refractivity contribution in [2.75, 3.05) is 44.8 Å². The van der Waals surface area contributed by atoms with Crippen LogP contribution >= 0.6 is 0 Å². The molecule has 9 nitrogen and oxygen atoms in total. The van der Waals surface area contributed by atoms with Gasteiger partial charge in [-0.1, -0.05) is 6.07 Å². The van der Waals surface area contributed by atoms with Crippen LogP contribution in [0, 0.1) is 10.1 Å². The zero-order valence-corrected chi connectivity index (χ0v) is 16.9. The summed E-state index contributed by atoms with van der Waals surface area (Å²) >= 11 is 0. The molecule has 0 spiro atoms. The minimum Gasteiger partial charge on any atom is -0.497 e. The molecule has 2 aromatic rings. The summed E-state index contributed by atoms with van der Waals surface area (Å²) in [7, 11) is 1.61. The van der Waals surface area contributed by atoms with Crippen molar-refractivity contribution in [2.45, 2.75) is 6.92 Å². The minimum atomic E-state index is -0.696. The second-order valence-corrected chi connectivity index (χ2v) is 6.73. The maximum absolute atomic E-state index is 13.0. The lowest BCUT2D eigenvalue weighted by molar-refractivity contribution is -0.384. The third kappa shape index (κ3) is 4.68. The van der Waals surface area contributed by atoms with E-state index in [0.29, 0.717) is 26.2 Å². The number of anilines is 1. The van der Waals surface area contributed by atoms with E-state index >= 15 is 0 Å². The number of hydrogen-bond donors (Lipinski definition) is 0. The van der Waals surface area contributed by atoms with Crippen molar-refractivity contribution in [3.05, 3.63) is 63.7 Å². The van der Waals surface area contributed by atoms with Gasteiger partial charge in [0, 0.05) is 55.6 Å². The zero-order chi connectivity index (χ0) is 21.7. The quantitative estimate of drug-likeness (QED) is 0.408. The molecule has 3 rings (SSSR count). The van der Waals surface area contributed by atoms with Crippen molar-refractivity contribution in [1.82, 2.24) is 4.90 Å². The van der Waals surface area contributed by atoms with Gasteiger partial charge in [-0.2, -0.15) is 0 Å². The number of nitro benzene ring substituents is 1. The zero-order valence-electron chi connectivity index (χ0n) is 16.9. The third-order valence-corrected chi connectivity index (χ3v) is 4.87. The van der Waals surface area contributed by atoms with Gasteiger partial charge in [-0.25, -0.2) is 4.79 Å². The van der Waals surface area contributed by atoms with E-state index in [0.717, 1.165) is 17.5 Å². The summed E-state index contributed by atoms with van der Waals surface area (Å²) in [5, 5.41) is 11.2. The standard InChI is InChI=1S/C21H23N3O6/c1-3-30-21(26)16-11-15(12-18(13-16)24(27)28)20(25)23-9-7-22(8-10-23)17-5-4-6-19(14-17)29-2/h4-6,11-14H,3,7-10H2,1-2H3. The number of carbonyl (C=O) groups excluding carboxylic acids is 2. The van der Waals surface area contributed by atoms with E-state index in [-0.39, 0.29) is 29.3 Å².